The van der Waals surface area contributed by atoms with E-state index in [0.29, 0.717) is 5.56 Å². The maximum Gasteiger partial charge on any atom is 0.433 e. The van der Waals surface area contributed by atoms with E-state index in [-0.39, 0.29) is 28.9 Å². The van der Waals surface area contributed by atoms with Gasteiger partial charge in [-0.1, -0.05) is 97.8 Å². The summed E-state index contributed by atoms with van der Waals surface area (Å²) in [6, 6.07) is 25.5. The molecule has 1 aliphatic carbocycles. The van der Waals surface area contributed by atoms with Crippen molar-refractivity contribution in [3.8, 4) is 11.3 Å². The van der Waals surface area contributed by atoms with Crippen LogP contribution < -0.4 is 0 Å². The number of hydrazone groups is 1. The van der Waals surface area contributed by atoms with Gasteiger partial charge in [-0.05, 0) is 73.4 Å². The molecule has 1 amide bonds. The minimum atomic E-state index is -4.73. The van der Waals surface area contributed by atoms with Crippen molar-refractivity contribution >= 4 is 23.3 Å². The van der Waals surface area contributed by atoms with Gasteiger partial charge in [0.05, 0.1) is 17.4 Å². The summed E-state index contributed by atoms with van der Waals surface area (Å²) in [5.74, 6) is -0.360. The Morgan fingerprint density at radius 2 is 1.58 bits per heavy atom. The monoisotopic (exact) mass is 647 g/mol. The van der Waals surface area contributed by atoms with Gasteiger partial charge in [-0.25, -0.2) is 14.5 Å². The van der Waals surface area contributed by atoms with E-state index in [1.54, 1.807) is 12.1 Å². The van der Waals surface area contributed by atoms with Crippen molar-refractivity contribution in [2.45, 2.75) is 65.1 Å². The molecule has 2 aromatic heterocycles. The lowest BCUT2D eigenvalue weighted by atomic mass is 9.77. The summed E-state index contributed by atoms with van der Waals surface area (Å²) in [7, 11) is 0. The van der Waals surface area contributed by atoms with E-state index in [1.807, 2.05) is 50.2 Å². The Hall–Kier alpha value is -5.05. The van der Waals surface area contributed by atoms with Crippen LogP contribution in [0.2, 0.25) is 0 Å². The van der Waals surface area contributed by atoms with Crippen LogP contribution in [0.4, 0.5) is 13.2 Å². The molecule has 2 aliphatic rings. The maximum absolute atomic E-state index is 14.4. The number of benzene rings is 3. The second-order valence-corrected chi connectivity index (χ2v) is 13.2. The van der Waals surface area contributed by atoms with Gasteiger partial charge in [0.15, 0.2) is 17.0 Å². The molecule has 3 heterocycles. The number of allylic oxidation sites excluding steroid dienone is 1. The number of fused-ring (bicyclic) bond motifs is 2. The molecule has 5 aromatic rings. The summed E-state index contributed by atoms with van der Waals surface area (Å²) < 4.78 is 44.1. The molecule has 0 spiro atoms. The van der Waals surface area contributed by atoms with Crippen molar-refractivity contribution in [2.75, 3.05) is 0 Å². The molecule has 48 heavy (non-hydrogen) atoms. The first-order valence-electron chi connectivity index (χ1n) is 16.3. The predicted molar refractivity (Wildman–Crippen MR) is 182 cm³/mol. The second kappa shape index (κ2) is 12.2. The van der Waals surface area contributed by atoms with E-state index in [4.69, 9.17) is 5.10 Å². The van der Waals surface area contributed by atoms with Crippen molar-refractivity contribution in [2.24, 2.45) is 11.0 Å². The molecule has 9 heteroatoms. The van der Waals surface area contributed by atoms with Crippen LogP contribution in [0, 0.1) is 19.8 Å². The van der Waals surface area contributed by atoms with Gasteiger partial charge in [-0.15, -0.1) is 0 Å². The number of carbonyl (C=O) groups excluding carboxylic acids is 1. The van der Waals surface area contributed by atoms with E-state index >= 15 is 0 Å². The molecule has 1 saturated carbocycles. The molecule has 3 aromatic carbocycles. The minimum Gasteiger partial charge on any atom is -0.265 e. The first-order chi connectivity index (χ1) is 23.0. The normalized spacial score (nSPS) is 18.9. The Labute approximate surface area is 277 Å². The molecule has 6 nitrogen and oxygen atoms in total. The van der Waals surface area contributed by atoms with E-state index in [2.05, 4.69) is 54.3 Å². The Bertz CT molecular complexity index is 2060. The Kier molecular flexibility index (Phi) is 8.01. The number of hydrogen-bond acceptors (Lipinski definition) is 4. The van der Waals surface area contributed by atoms with Gasteiger partial charge in [0.1, 0.15) is 0 Å². The number of rotatable bonds is 5. The fraction of sp³-hybridized carbons (Fsp3) is 0.282. The highest BCUT2D eigenvalue weighted by Gasteiger charge is 2.45. The van der Waals surface area contributed by atoms with Crippen molar-refractivity contribution in [1.82, 2.24) is 19.6 Å². The third-order valence-corrected chi connectivity index (χ3v) is 9.36. The number of aryl methyl sites for hydroxylation is 2. The summed E-state index contributed by atoms with van der Waals surface area (Å²) in [4.78, 5) is 18.9. The van der Waals surface area contributed by atoms with E-state index < -0.39 is 23.8 Å². The molecule has 0 radical (unpaired) electrons. The summed E-state index contributed by atoms with van der Waals surface area (Å²) >= 11 is 0. The largest absolute Gasteiger partial charge is 0.433 e. The highest BCUT2D eigenvalue weighted by Crippen LogP contribution is 2.45. The van der Waals surface area contributed by atoms with Crippen molar-refractivity contribution in [3.63, 3.8) is 0 Å². The van der Waals surface area contributed by atoms with Crippen LogP contribution in [0.5, 0.6) is 0 Å². The quantitative estimate of drug-likeness (QED) is 0.191. The Morgan fingerprint density at radius 3 is 2.23 bits per heavy atom. The molecular formula is C39H36F3N5O. The summed E-state index contributed by atoms with van der Waals surface area (Å²) in [5.41, 5.74) is 6.67. The van der Waals surface area contributed by atoms with E-state index in [0.717, 1.165) is 63.4 Å². The second-order valence-electron chi connectivity index (χ2n) is 13.2. The molecule has 1 aliphatic heterocycles. The average Bonchev–Trinajstić information content (AvgIpc) is 3.68. The smallest absolute Gasteiger partial charge is 0.265 e. The molecule has 0 saturated heterocycles. The average molecular weight is 648 g/mol. The highest BCUT2D eigenvalue weighted by molar-refractivity contribution is 6.09. The zero-order valence-corrected chi connectivity index (χ0v) is 27.3. The predicted octanol–water partition coefficient (Wildman–Crippen LogP) is 9.59. The van der Waals surface area contributed by atoms with Gasteiger partial charge in [0.25, 0.3) is 5.91 Å². The van der Waals surface area contributed by atoms with E-state index in [1.165, 1.54) is 16.6 Å². The molecule has 7 rings (SSSR count). The standard InChI is InChI=1S/C39H36F3N5O/c1-23(2)27-16-18-28(19-17-27)32-21-34(39(40,41)42)46-35(43-32)22-33(44-46)38(48)47-37(29-14-10-25(4)11-15-29)31-7-5-6-30(36(31)45-47)20-26-12-8-24(3)9-13-26/h8-23,31,37H,5-7H2,1-4H3/b30-20+/t31-,37-/m1/s1. The fourth-order valence-electron chi connectivity index (χ4n) is 6.71. The topological polar surface area (TPSA) is 62.9 Å². The molecule has 244 valence electrons. The first-order valence-corrected chi connectivity index (χ1v) is 16.3. The van der Waals surface area contributed by atoms with Gasteiger partial charge in [-0.2, -0.15) is 23.4 Å². The van der Waals surface area contributed by atoms with Crippen LogP contribution in [0.15, 0.2) is 95.6 Å². The summed E-state index contributed by atoms with van der Waals surface area (Å²) in [6.07, 6.45) is -0.0242. The van der Waals surface area contributed by atoms with E-state index in [9.17, 15) is 18.0 Å². The van der Waals surface area contributed by atoms with Crippen molar-refractivity contribution < 1.29 is 18.0 Å². The Balaban J connectivity index is 1.32. The number of nitrogens with zero attached hydrogens (tertiary/aromatic N) is 5. The number of aromatic nitrogens is 3. The number of amides is 1. The number of hydrogen-bond donors (Lipinski definition) is 0. The van der Waals surface area contributed by atoms with Gasteiger partial charge in [-0.3, -0.25) is 4.79 Å². The van der Waals surface area contributed by atoms with Crippen LogP contribution >= 0.6 is 0 Å². The van der Waals surface area contributed by atoms with Gasteiger partial charge in [0, 0.05) is 17.5 Å². The van der Waals surface area contributed by atoms with Gasteiger partial charge >= 0.3 is 6.18 Å². The third kappa shape index (κ3) is 5.93. The molecule has 1 fully saturated rings. The zero-order valence-electron chi connectivity index (χ0n) is 27.3. The highest BCUT2D eigenvalue weighted by atomic mass is 19.4. The molecule has 0 bridgehead atoms. The lowest BCUT2D eigenvalue weighted by Gasteiger charge is -2.29. The van der Waals surface area contributed by atoms with Crippen molar-refractivity contribution in [1.29, 1.82) is 0 Å². The number of carbonyl (C=O) groups is 1. The minimum absolute atomic E-state index is 0.0628. The van der Waals surface area contributed by atoms with Crippen LogP contribution in [-0.4, -0.2) is 31.2 Å². The molecule has 0 N–H and O–H groups in total. The summed E-state index contributed by atoms with van der Waals surface area (Å²) in [6.45, 7) is 8.15. The zero-order chi connectivity index (χ0) is 33.7. The van der Waals surface area contributed by atoms with Gasteiger partial charge < -0.3 is 0 Å². The molecule has 2 atom stereocenters. The Morgan fingerprint density at radius 1 is 0.917 bits per heavy atom. The fourth-order valence-corrected chi connectivity index (χ4v) is 6.71. The van der Waals surface area contributed by atoms with Crippen LogP contribution in [0.1, 0.15) is 89.1 Å². The van der Waals surface area contributed by atoms with Crippen LogP contribution in [0.3, 0.4) is 0 Å². The first kappa shape index (κ1) is 31.5. The number of alkyl halides is 3. The third-order valence-electron chi connectivity index (χ3n) is 9.36. The van der Waals surface area contributed by atoms with Gasteiger partial charge in [0.2, 0.25) is 0 Å². The van der Waals surface area contributed by atoms with Crippen LogP contribution in [0.25, 0.3) is 23.0 Å². The number of halogens is 3. The lowest BCUT2D eigenvalue weighted by Crippen LogP contribution is -2.32. The molecular weight excluding hydrogens is 611 g/mol. The lowest BCUT2D eigenvalue weighted by molar-refractivity contribution is -0.142. The maximum atomic E-state index is 14.4. The van der Waals surface area contributed by atoms with Crippen LogP contribution in [-0.2, 0) is 6.18 Å². The summed E-state index contributed by atoms with van der Waals surface area (Å²) in [5, 5.41) is 10.6. The molecule has 0 unspecified atom stereocenters. The SMILES string of the molecule is Cc1ccc(/C=C2\CCC[C@@H]3C2=NN(C(=O)c2cc4nc(-c5ccc(C(C)C)cc5)cc(C(F)(F)F)n4n2)[C@@H]3c2ccc(C)cc2)cc1. The van der Waals surface area contributed by atoms with Crippen molar-refractivity contribution in [3.05, 3.63) is 130 Å².